The fourth-order valence-corrected chi connectivity index (χ4v) is 4.30. The maximum absolute atomic E-state index is 13.0. The predicted octanol–water partition coefficient (Wildman–Crippen LogP) is 3.59. The molecule has 1 amide bonds. The number of benzene rings is 2. The standard InChI is InChI=1S/C23H20ClN3O3S/c1-25(12-17-9-10-31-15-17)21(28)14-27-20-11-18(24)7-8-19(20)26(22(29)23(27)30)13-16-5-3-2-4-6-16/h2-11,15H,12-14H2,1H3. The van der Waals surface area contributed by atoms with Gasteiger partial charge in [0.1, 0.15) is 6.54 Å². The van der Waals surface area contributed by atoms with Crippen LogP contribution in [0.4, 0.5) is 0 Å². The highest BCUT2D eigenvalue weighted by Gasteiger charge is 2.18. The molecule has 6 nitrogen and oxygen atoms in total. The molecule has 2 aromatic carbocycles. The predicted molar refractivity (Wildman–Crippen MR) is 124 cm³/mol. The minimum Gasteiger partial charge on any atom is -0.340 e. The molecule has 0 N–H and O–H groups in total. The van der Waals surface area contributed by atoms with E-state index in [2.05, 4.69) is 0 Å². The topological polar surface area (TPSA) is 64.3 Å². The Morgan fingerprint density at radius 3 is 2.42 bits per heavy atom. The SMILES string of the molecule is CN(Cc1ccsc1)C(=O)Cn1c(=O)c(=O)n(Cc2ccccc2)c2ccc(Cl)cc21. The van der Waals surface area contributed by atoms with Crippen LogP contribution >= 0.6 is 22.9 Å². The number of likely N-dealkylation sites (N-methyl/N-ethyl adjacent to an activating group) is 1. The molecule has 4 aromatic rings. The summed E-state index contributed by atoms with van der Waals surface area (Å²) in [6.45, 7) is 0.443. The second-order valence-corrected chi connectivity index (χ2v) is 8.50. The van der Waals surface area contributed by atoms with E-state index in [1.807, 2.05) is 47.2 Å². The van der Waals surface area contributed by atoms with Crippen molar-refractivity contribution in [2.45, 2.75) is 19.6 Å². The lowest BCUT2D eigenvalue weighted by atomic mass is 10.2. The van der Waals surface area contributed by atoms with Gasteiger partial charge in [0.05, 0.1) is 17.6 Å². The Hall–Kier alpha value is -3.16. The van der Waals surface area contributed by atoms with E-state index >= 15 is 0 Å². The number of fused-ring (bicyclic) bond motifs is 1. The molecule has 4 rings (SSSR count). The first-order valence-corrected chi connectivity index (χ1v) is 11.0. The summed E-state index contributed by atoms with van der Waals surface area (Å²) in [6, 6.07) is 16.4. The minimum absolute atomic E-state index is 0.238. The number of amides is 1. The van der Waals surface area contributed by atoms with Crippen molar-refractivity contribution >= 4 is 39.9 Å². The Balaban J connectivity index is 1.75. The van der Waals surface area contributed by atoms with Crippen LogP contribution < -0.4 is 11.1 Å². The molecule has 0 fully saturated rings. The fourth-order valence-electron chi connectivity index (χ4n) is 3.47. The van der Waals surface area contributed by atoms with Crippen molar-refractivity contribution < 1.29 is 4.79 Å². The molecule has 2 aromatic heterocycles. The van der Waals surface area contributed by atoms with Crippen LogP contribution in [0.2, 0.25) is 5.02 Å². The van der Waals surface area contributed by atoms with E-state index < -0.39 is 11.1 Å². The average Bonchev–Trinajstić information content (AvgIpc) is 3.28. The molecule has 0 aliphatic rings. The van der Waals surface area contributed by atoms with Crippen molar-refractivity contribution in [2.75, 3.05) is 7.05 Å². The highest BCUT2D eigenvalue weighted by Crippen LogP contribution is 2.19. The van der Waals surface area contributed by atoms with Crippen LogP contribution in [0.25, 0.3) is 11.0 Å². The van der Waals surface area contributed by atoms with Crippen LogP contribution in [0.5, 0.6) is 0 Å². The van der Waals surface area contributed by atoms with Gasteiger partial charge in [-0.1, -0.05) is 41.9 Å². The zero-order valence-corrected chi connectivity index (χ0v) is 18.4. The summed E-state index contributed by atoms with van der Waals surface area (Å²) in [7, 11) is 1.68. The zero-order valence-electron chi connectivity index (χ0n) is 16.8. The van der Waals surface area contributed by atoms with Gasteiger partial charge >= 0.3 is 11.1 Å². The quantitative estimate of drug-likeness (QED) is 0.419. The van der Waals surface area contributed by atoms with Gasteiger partial charge in [0.25, 0.3) is 0 Å². The van der Waals surface area contributed by atoms with Gasteiger partial charge in [0, 0.05) is 18.6 Å². The third-order valence-corrected chi connectivity index (χ3v) is 6.06. The molecule has 0 saturated heterocycles. The van der Waals surface area contributed by atoms with E-state index in [1.54, 1.807) is 41.5 Å². The Bertz CT molecular complexity index is 1340. The number of rotatable bonds is 6. The molecule has 0 unspecified atom stereocenters. The van der Waals surface area contributed by atoms with E-state index in [0.717, 1.165) is 11.1 Å². The van der Waals surface area contributed by atoms with E-state index in [9.17, 15) is 14.4 Å². The van der Waals surface area contributed by atoms with Crippen LogP contribution in [0.15, 0.2) is 74.9 Å². The van der Waals surface area contributed by atoms with Crippen molar-refractivity contribution in [2.24, 2.45) is 0 Å². The number of hydrogen-bond donors (Lipinski definition) is 0. The Morgan fingerprint density at radius 1 is 0.968 bits per heavy atom. The highest BCUT2D eigenvalue weighted by molar-refractivity contribution is 7.07. The fraction of sp³-hybridized carbons (Fsp3) is 0.174. The highest BCUT2D eigenvalue weighted by atomic mass is 35.5. The van der Waals surface area contributed by atoms with Gasteiger partial charge in [-0.05, 0) is 46.2 Å². The van der Waals surface area contributed by atoms with Gasteiger partial charge in [-0.25, -0.2) is 0 Å². The third-order valence-electron chi connectivity index (χ3n) is 5.09. The average molecular weight is 454 g/mol. The van der Waals surface area contributed by atoms with Gasteiger partial charge in [0.15, 0.2) is 0 Å². The van der Waals surface area contributed by atoms with Gasteiger partial charge in [-0.2, -0.15) is 11.3 Å². The maximum atomic E-state index is 13.0. The lowest BCUT2D eigenvalue weighted by Gasteiger charge is -2.19. The number of carbonyl (C=O) groups excluding carboxylic acids is 1. The van der Waals surface area contributed by atoms with Crippen LogP contribution in [0, 0.1) is 0 Å². The van der Waals surface area contributed by atoms with E-state index in [1.165, 1.54) is 9.13 Å². The van der Waals surface area contributed by atoms with Gasteiger partial charge in [-0.15, -0.1) is 0 Å². The van der Waals surface area contributed by atoms with Crippen molar-refractivity contribution in [3.05, 3.63) is 102 Å². The first kappa shape index (κ1) is 21.1. The summed E-state index contributed by atoms with van der Waals surface area (Å²) in [6.07, 6.45) is 0. The maximum Gasteiger partial charge on any atom is 0.317 e. The molecule has 0 aliphatic heterocycles. The molecular formula is C23H20ClN3O3S. The molecule has 0 bridgehead atoms. The Morgan fingerprint density at radius 2 is 1.71 bits per heavy atom. The first-order chi connectivity index (χ1) is 14.9. The summed E-state index contributed by atoms with van der Waals surface area (Å²) < 4.78 is 2.65. The largest absolute Gasteiger partial charge is 0.340 e. The number of thiophene rings is 1. The molecule has 31 heavy (non-hydrogen) atoms. The van der Waals surface area contributed by atoms with Crippen molar-refractivity contribution in [1.82, 2.24) is 14.0 Å². The molecule has 0 spiro atoms. The summed E-state index contributed by atoms with van der Waals surface area (Å²) in [5.74, 6) is -0.269. The normalized spacial score (nSPS) is 11.0. The van der Waals surface area contributed by atoms with Crippen LogP contribution in [0.1, 0.15) is 11.1 Å². The van der Waals surface area contributed by atoms with Gasteiger partial charge < -0.3 is 4.90 Å². The smallest absolute Gasteiger partial charge is 0.317 e. The molecule has 0 saturated carbocycles. The lowest BCUT2D eigenvalue weighted by Crippen LogP contribution is -2.44. The zero-order chi connectivity index (χ0) is 22.0. The molecule has 158 valence electrons. The minimum atomic E-state index is -0.747. The molecular weight excluding hydrogens is 434 g/mol. The van der Waals surface area contributed by atoms with Gasteiger partial charge in [0.2, 0.25) is 5.91 Å². The number of aromatic nitrogens is 2. The third kappa shape index (κ3) is 4.47. The van der Waals surface area contributed by atoms with Crippen LogP contribution in [0.3, 0.4) is 0 Å². The van der Waals surface area contributed by atoms with Gasteiger partial charge in [-0.3, -0.25) is 23.5 Å². The molecule has 0 atom stereocenters. The van der Waals surface area contributed by atoms with Crippen molar-refractivity contribution in [3.63, 3.8) is 0 Å². The Kier molecular flexibility index (Phi) is 6.06. The number of carbonyl (C=O) groups is 1. The van der Waals surface area contributed by atoms with E-state index in [-0.39, 0.29) is 19.0 Å². The van der Waals surface area contributed by atoms with Crippen LogP contribution in [-0.2, 0) is 24.4 Å². The summed E-state index contributed by atoms with van der Waals surface area (Å²) in [4.78, 5) is 40.3. The molecule has 0 radical (unpaired) electrons. The monoisotopic (exact) mass is 453 g/mol. The molecule has 8 heteroatoms. The number of halogens is 1. The molecule has 2 heterocycles. The summed E-state index contributed by atoms with van der Waals surface area (Å²) >= 11 is 7.75. The number of hydrogen-bond acceptors (Lipinski definition) is 4. The van der Waals surface area contributed by atoms with Crippen molar-refractivity contribution in [3.8, 4) is 0 Å². The summed E-state index contributed by atoms with van der Waals surface area (Å²) in [5, 5.41) is 4.33. The number of nitrogens with zero attached hydrogens (tertiary/aromatic N) is 3. The summed E-state index contributed by atoms with van der Waals surface area (Å²) in [5.41, 5.74) is 1.48. The van der Waals surface area contributed by atoms with Crippen molar-refractivity contribution in [1.29, 1.82) is 0 Å². The first-order valence-electron chi connectivity index (χ1n) is 9.66. The van der Waals surface area contributed by atoms with E-state index in [4.69, 9.17) is 11.6 Å². The Labute approximate surface area is 187 Å². The molecule has 0 aliphatic carbocycles. The lowest BCUT2D eigenvalue weighted by molar-refractivity contribution is -0.131. The second-order valence-electron chi connectivity index (χ2n) is 7.28. The second kappa shape index (κ2) is 8.91. The van der Waals surface area contributed by atoms with E-state index in [0.29, 0.717) is 22.6 Å². The van der Waals surface area contributed by atoms with Crippen LogP contribution in [-0.4, -0.2) is 27.0 Å².